The Labute approximate surface area is 163 Å². The van der Waals surface area contributed by atoms with E-state index in [4.69, 9.17) is 4.74 Å². The van der Waals surface area contributed by atoms with Crippen LogP contribution >= 0.6 is 0 Å². The number of rotatable bonds is 2. The Hall–Kier alpha value is -2.54. The van der Waals surface area contributed by atoms with Crippen molar-refractivity contribution in [2.75, 3.05) is 14.1 Å². The molecule has 2 N–H and O–H groups in total. The molecule has 4 rings (SSSR count). The Kier molecular flexibility index (Phi) is 4.57. The number of hydrogen-bond acceptors (Lipinski definition) is 6. The Morgan fingerprint density at radius 1 is 1.00 bits per heavy atom. The Balaban J connectivity index is 1.78. The summed E-state index contributed by atoms with van der Waals surface area (Å²) in [5, 5.41) is 21.3. The van der Waals surface area contributed by atoms with Crippen LogP contribution in [0.15, 0.2) is 36.4 Å². The van der Waals surface area contributed by atoms with Gasteiger partial charge in [0.1, 0.15) is 5.75 Å². The smallest absolute Gasteiger partial charge is 0.198 e. The monoisotopic (exact) mass is 381 g/mol. The van der Waals surface area contributed by atoms with Crippen molar-refractivity contribution < 1.29 is 24.5 Å². The van der Waals surface area contributed by atoms with Crippen molar-refractivity contribution in [1.82, 2.24) is 4.90 Å². The van der Waals surface area contributed by atoms with Gasteiger partial charge in [-0.1, -0.05) is 30.3 Å². The minimum absolute atomic E-state index is 0.0324. The van der Waals surface area contributed by atoms with Gasteiger partial charge in [0.25, 0.3) is 0 Å². The van der Waals surface area contributed by atoms with E-state index in [0.29, 0.717) is 23.1 Å². The maximum atomic E-state index is 13.0. The van der Waals surface area contributed by atoms with Crippen molar-refractivity contribution >= 4 is 11.6 Å². The fraction of sp³-hybridized carbons (Fsp3) is 0.364. The van der Waals surface area contributed by atoms with Crippen LogP contribution in [0.3, 0.4) is 0 Å². The van der Waals surface area contributed by atoms with Crippen LogP contribution in [-0.2, 0) is 4.74 Å². The fourth-order valence-electron chi connectivity index (χ4n) is 4.23. The number of phenols is 1. The molecule has 1 saturated heterocycles. The van der Waals surface area contributed by atoms with E-state index < -0.39 is 18.3 Å². The van der Waals surface area contributed by atoms with Gasteiger partial charge in [-0.2, -0.15) is 0 Å². The van der Waals surface area contributed by atoms with Gasteiger partial charge in [-0.05, 0) is 33.5 Å². The van der Waals surface area contributed by atoms with E-state index in [9.17, 15) is 19.8 Å². The number of likely N-dealkylation sites (N-methyl/N-ethyl adjacent to an activating group) is 1. The highest BCUT2D eigenvalue weighted by molar-refractivity contribution is 6.29. The molecule has 2 aromatic carbocycles. The van der Waals surface area contributed by atoms with Crippen LogP contribution in [0.4, 0.5) is 0 Å². The third-order valence-corrected chi connectivity index (χ3v) is 5.82. The fourth-order valence-corrected chi connectivity index (χ4v) is 4.23. The lowest BCUT2D eigenvalue weighted by Gasteiger charge is -2.41. The normalized spacial score (nSPS) is 26.9. The molecule has 1 heterocycles. The largest absolute Gasteiger partial charge is 0.507 e. The van der Waals surface area contributed by atoms with Crippen molar-refractivity contribution in [3.63, 3.8) is 0 Å². The highest BCUT2D eigenvalue weighted by Crippen LogP contribution is 2.42. The summed E-state index contributed by atoms with van der Waals surface area (Å²) in [4.78, 5) is 27.7. The predicted molar refractivity (Wildman–Crippen MR) is 103 cm³/mol. The Morgan fingerprint density at radius 2 is 1.64 bits per heavy atom. The van der Waals surface area contributed by atoms with Gasteiger partial charge in [-0.15, -0.1) is 0 Å². The summed E-state index contributed by atoms with van der Waals surface area (Å²) in [5.41, 5.74) is 1.35. The molecule has 0 spiro atoms. The average molecular weight is 381 g/mol. The van der Waals surface area contributed by atoms with Gasteiger partial charge in [-0.3, -0.25) is 9.59 Å². The Morgan fingerprint density at radius 3 is 2.29 bits per heavy atom. The third kappa shape index (κ3) is 2.76. The van der Waals surface area contributed by atoms with E-state index in [0.717, 1.165) is 0 Å². The van der Waals surface area contributed by atoms with Gasteiger partial charge in [-0.25, -0.2) is 0 Å². The maximum absolute atomic E-state index is 13.0. The quantitative estimate of drug-likeness (QED) is 0.708. The zero-order valence-electron chi connectivity index (χ0n) is 16.0. The van der Waals surface area contributed by atoms with E-state index in [-0.39, 0.29) is 34.5 Å². The molecule has 2 aromatic rings. The maximum Gasteiger partial charge on any atom is 0.198 e. The van der Waals surface area contributed by atoms with Crippen molar-refractivity contribution in [2.45, 2.75) is 37.7 Å². The van der Waals surface area contributed by atoms with Gasteiger partial charge in [0.2, 0.25) is 0 Å². The minimum atomic E-state index is -0.652. The number of aromatic hydroxyl groups is 1. The second-order valence-electron chi connectivity index (χ2n) is 7.72. The first kappa shape index (κ1) is 18.8. The molecule has 6 heteroatoms. The number of benzene rings is 2. The second-order valence-corrected chi connectivity index (χ2v) is 7.72. The molecule has 0 radical (unpaired) electrons. The standard InChI is InChI=1S/C22H23NO5/c1-11-19(24)16(23(2)3)10-17(28-11)14-8-9-15-18(22(14)27)21(26)13-7-5-4-6-12(13)20(15)25/h4-9,11,16-17,19,24,27H,10H2,1-3H3/t11-,16-,17-,19-/m0/s1. The zero-order valence-corrected chi connectivity index (χ0v) is 16.0. The van der Waals surface area contributed by atoms with Gasteiger partial charge >= 0.3 is 0 Å². The molecule has 1 fully saturated rings. The summed E-state index contributed by atoms with van der Waals surface area (Å²) in [5.74, 6) is -0.847. The number of aliphatic hydroxyl groups excluding tert-OH is 1. The first-order chi connectivity index (χ1) is 13.3. The molecule has 28 heavy (non-hydrogen) atoms. The van der Waals surface area contributed by atoms with Gasteiger partial charge in [0, 0.05) is 28.3 Å². The number of carbonyl (C=O) groups excluding carboxylic acids is 2. The van der Waals surface area contributed by atoms with Crippen LogP contribution in [0.5, 0.6) is 5.75 Å². The van der Waals surface area contributed by atoms with Crippen LogP contribution in [0.25, 0.3) is 0 Å². The molecule has 146 valence electrons. The summed E-state index contributed by atoms with van der Waals surface area (Å²) in [7, 11) is 3.77. The van der Waals surface area contributed by atoms with E-state index in [2.05, 4.69) is 0 Å². The first-order valence-corrected chi connectivity index (χ1v) is 9.35. The van der Waals surface area contributed by atoms with E-state index in [1.54, 1.807) is 43.3 Å². The van der Waals surface area contributed by atoms with Crippen LogP contribution in [0, 0.1) is 0 Å². The molecule has 1 aliphatic heterocycles. The molecule has 0 bridgehead atoms. The molecule has 1 aliphatic carbocycles. The van der Waals surface area contributed by atoms with Gasteiger partial charge in [0.05, 0.1) is 23.9 Å². The van der Waals surface area contributed by atoms with Crippen LogP contribution < -0.4 is 0 Å². The summed E-state index contributed by atoms with van der Waals surface area (Å²) in [6.45, 7) is 1.79. The molecule has 0 unspecified atom stereocenters. The number of nitrogens with zero attached hydrogens (tertiary/aromatic N) is 1. The number of fused-ring (bicyclic) bond motifs is 2. The lowest BCUT2D eigenvalue weighted by Crippen LogP contribution is -2.50. The topological polar surface area (TPSA) is 87.1 Å². The lowest BCUT2D eigenvalue weighted by molar-refractivity contribution is -0.142. The Bertz CT molecular complexity index is 967. The zero-order chi connectivity index (χ0) is 20.2. The summed E-state index contributed by atoms with van der Waals surface area (Å²) >= 11 is 0. The molecule has 4 atom stereocenters. The molecule has 0 aromatic heterocycles. The predicted octanol–water partition coefficient (Wildman–Crippen LogP) is 2.31. The summed E-state index contributed by atoms with van der Waals surface area (Å²) in [6.07, 6.45) is -1.11. The highest BCUT2D eigenvalue weighted by Gasteiger charge is 2.40. The van der Waals surface area contributed by atoms with Crippen molar-refractivity contribution in [3.05, 3.63) is 64.2 Å². The highest BCUT2D eigenvalue weighted by atomic mass is 16.5. The van der Waals surface area contributed by atoms with Crippen LogP contribution in [-0.4, -0.2) is 59.0 Å². The molecule has 6 nitrogen and oxygen atoms in total. The van der Waals surface area contributed by atoms with E-state index in [1.807, 2.05) is 19.0 Å². The number of aliphatic hydroxyl groups is 1. The molecule has 0 amide bonds. The average Bonchev–Trinajstić information content (AvgIpc) is 2.67. The van der Waals surface area contributed by atoms with Crippen LogP contribution in [0.2, 0.25) is 0 Å². The summed E-state index contributed by atoms with van der Waals surface area (Å²) in [6, 6.07) is 9.72. The number of phenolic OH excluding ortho intramolecular Hbond substituents is 1. The van der Waals surface area contributed by atoms with Crippen LogP contribution in [0.1, 0.15) is 56.9 Å². The minimum Gasteiger partial charge on any atom is -0.507 e. The SMILES string of the molecule is C[C@@H]1O[C@H](c2ccc3c(c2O)C(=O)c2ccccc2C3=O)C[C@H](N(C)C)[C@H]1O. The third-order valence-electron chi connectivity index (χ3n) is 5.82. The number of carbonyl (C=O) groups is 2. The van der Waals surface area contributed by atoms with E-state index >= 15 is 0 Å². The van der Waals surface area contributed by atoms with Gasteiger partial charge < -0.3 is 19.8 Å². The van der Waals surface area contributed by atoms with Gasteiger partial charge in [0.15, 0.2) is 11.6 Å². The van der Waals surface area contributed by atoms with Crippen molar-refractivity contribution in [2.24, 2.45) is 0 Å². The second kappa shape index (κ2) is 6.81. The lowest BCUT2D eigenvalue weighted by atomic mass is 9.81. The molecular formula is C22H23NO5. The van der Waals surface area contributed by atoms with E-state index in [1.165, 1.54) is 0 Å². The molecular weight excluding hydrogens is 358 g/mol. The number of ether oxygens (including phenoxy) is 1. The number of hydrogen-bond donors (Lipinski definition) is 2. The molecule has 2 aliphatic rings. The molecule has 0 saturated carbocycles. The summed E-state index contributed by atoms with van der Waals surface area (Å²) < 4.78 is 5.94. The van der Waals surface area contributed by atoms with Crippen molar-refractivity contribution in [3.8, 4) is 5.75 Å². The number of ketones is 2. The van der Waals surface area contributed by atoms with Crippen molar-refractivity contribution in [1.29, 1.82) is 0 Å². The first-order valence-electron chi connectivity index (χ1n) is 9.35.